The van der Waals surface area contributed by atoms with Gasteiger partial charge >= 0.3 is 5.97 Å². The molecule has 0 atom stereocenters. The van der Waals surface area contributed by atoms with Crippen molar-refractivity contribution in [3.8, 4) is 12.3 Å². The molecule has 2 nitrogen and oxygen atoms in total. The van der Waals surface area contributed by atoms with Crippen LogP contribution in [0, 0.1) is 18.3 Å². The summed E-state index contributed by atoms with van der Waals surface area (Å²) < 4.78 is 5.25. The Balaban J connectivity index is 2.45. The molecule has 1 saturated carbocycles. The van der Waals surface area contributed by atoms with E-state index in [0.29, 0.717) is 0 Å². The van der Waals surface area contributed by atoms with Gasteiger partial charge in [0.15, 0.2) is 5.60 Å². The smallest absolute Gasteiger partial charge is 0.310 e. The average molecular weight is 194 g/mol. The number of carbonyl (C=O) groups excluding carboxylic acids is 1. The molecule has 0 bridgehead atoms. The fourth-order valence-corrected chi connectivity index (χ4v) is 1.70. The maximum atomic E-state index is 11.7. The number of ether oxygens (including phenoxy) is 1. The summed E-state index contributed by atoms with van der Waals surface area (Å²) in [5.41, 5.74) is -0.755. The summed E-state index contributed by atoms with van der Waals surface area (Å²) in [5, 5.41) is 0. The highest BCUT2D eigenvalue weighted by atomic mass is 16.6. The van der Waals surface area contributed by atoms with Crippen LogP contribution in [0.4, 0.5) is 0 Å². The molecule has 0 aliphatic heterocycles. The molecular formula is C12H18O2. The molecule has 1 rings (SSSR count). The second-order valence-electron chi connectivity index (χ2n) is 4.41. The minimum Gasteiger partial charge on any atom is -0.446 e. The van der Waals surface area contributed by atoms with Crippen molar-refractivity contribution in [2.24, 2.45) is 5.92 Å². The van der Waals surface area contributed by atoms with Crippen LogP contribution in [-0.2, 0) is 9.53 Å². The Hall–Kier alpha value is -0.970. The second kappa shape index (κ2) is 4.50. The Morgan fingerprint density at radius 1 is 1.36 bits per heavy atom. The van der Waals surface area contributed by atoms with E-state index in [2.05, 4.69) is 5.92 Å². The zero-order chi connectivity index (χ0) is 10.6. The normalized spacial score (nSPS) is 18.6. The van der Waals surface area contributed by atoms with Gasteiger partial charge in [-0.3, -0.25) is 4.79 Å². The topological polar surface area (TPSA) is 26.3 Å². The maximum absolute atomic E-state index is 11.7. The summed E-state index contributed by atoms with van der Waals surface area (Å²) in [4.78, 5) is 11.7. The lowest BCUT2D eigenvalue weighted by Crippen LogP contribution is -2.31. The number of hydrogen-bond donors (Lipinski definition) is 0. The Morgan fingerprint density at radius 3 is 2.43 bits per heavy atom. The Bertz CT molecular complexity index is 242. The van der Waals surface area contributed by atoms with Gasteiger partial charge in [0.05, 0.1) is 5.92 Å². The number of carbonyl (C=O) groups is 1. The zero-order valence-corrected chi connectivity index (χ0v) is 9.01. The Kier molecular flexibility index (Phi) is 3.57. The van der Waals surface area contributed by atoms with E-state index in [1.54, 1.807) is 13.8 Å². The van der Waals surface area contributed by atoms with Crippen molar-refractivity contribution in [3.05, 3.63) is 0 Å². The van der Waals surface area contributed by atoms with E-state index in [1.165, 1.54) is 6.42 Å². The van der Waals surface area contributed by atoms with Crippen molar-refractivity contribution in [2.75, 3.05) is 0 Å². The molecule has 14 heavy (non-hydrogen) atoms. The van der Waals surface area contributed by atoms with E-state index >= 15 is 0 Å². The van der Waals surface area contributed by atoms with Gasteiger partial charge in [-0.2, -0.15) is 0 Å². The van der Waals surface area contributed by atoms with Crippen molar-refractivity contribution in [2.45, 2.75) is 51.6 Å². The predicted octanol–water partition coefficient (Wildman–Crippen LogP) is 2.52. The first kappa shape index (κ1) is 11.1. The van der Waals surface area contributed by atoms with Crippen LogP contribution in [0.3, 0.4) is 0 Å². The molecule has 0 radical (unpaired) electrons. The summed E-state index contributed by atoms with van der Waals surface area (Å²) in [5.74, 6) is 2.43. The van der Waals surface area contributed by atoms with Crippen LogP contribution in [0.1, 0.15) is 46.0 Å². The molecule has 1 aliphatic carbocycles. The van der Waals surface area contributed by atoms with Crippen LogP contribution in [0.25, 0.3) is 0 Å². The third kappa shape index (κ3) is 3.06. The largest absolute Gasteiger partial charge is 0.446 e. The van der Waals surface area contributed by atoms with E-state index in [1.807, 2.05) is 0 Å². The molecular weight excluding hydrogens is 176 g/mol. The fourth-order valence-electron chi connectivity index (χ4n) is 1.70. The molecule has 0 saturated heterocycles. The first-order valence-corrected chi connectivity index (χ1v) is 5.26. The monoisotopic (exact) mass is 194 g/mol. The quantitative estimate of drug-likeness (QED) is 0.498. The summed E-state index contributed by atoms with van der Waals surface area (Å²) in [6, 6.07) is 0. The van der Waals surface area contributed by atoms with Crippen molar-refractivity contribution in [3.63, 3.8) is 0 Å². The van der Waals surface area contributed by atoms with Crippen LogP contribution < -0.4 is 0 Å². The van der Waals surface area contributed by atoms with Gasteiger partial charge in [0.1, 0.15) is 0 Å². The summed E-state index contributed by atoms with van der Waals surface area (Å²) in [6.07, 6.45) is 10.7. The molecule has 1 fully saturated rings. The van der Waals surface area contributed by atoms with E-state index in [9.17, 15) is 4.79 Å². The van der Waals surface area contributed by atoms with Gasteiger partial charge in [0, 0.05) is 0 Å². The van der Waals surface area contributed by atoms with Crippen molar-refractivity contribution in [1.29, 1.82) is 0 Å². The number of hydrogen-bond acceptors (Lipinski definition) is 2. The Morgan fingerprint density at radius 2 is 1.93 bits per heavy atom. The van der Waals surface area contributed by atoms with E-state index < -0.39 is 5.60 Å². The van der Waals surface area contributed by atoms with Crippen LogP contribution in [0.15, 0.2) is 0 Å². The zero-order valence-electron chi connectivity index (χ0n) is 9.01. The second-order valence-corrected chi connectivity index (χ2v) is 4.41. The maximum Gasteiger partial charge on any atom is 0.310 e. The fraction of sp³-hybridized carbons (Fsp3) is 0.750. The standard InChI is InChI=1S/C12H18O2/c1-4-12(2,3)14-11(13)10-8-6-5-7-9-10/h1,10H,5-9H2,2-3H3. The highest BCUT2D eigenvalue weighted by Gasteiger charge is 2.27. The molecule has 0 aromatic carbocycles. The summed E-state index contributed by atoms with van der Waals surface area (Å²) in [6.45, 7) is 3.49. The molecule has 0 N–H and O–H groups in total. The molecule has 0 unspecified atom stereocenters. The van der Waals surface area contributed by atoms with Gasteiger partial charge in [0.2, 0.25) is 0 Å². The first-order valence-electron chi connectivity index (χ1n) is 5.26. The number of terminal acetylenes is 1. The van der Waals surface area contributed by atoms with Gasteiger partial charge in [-0.15, -0.1) is 6.42 Å². The van der Waals surface area contributed by atoms with Gasteiger partial charge in [0.25, 0.3) is 0 Å². The third-order valence-corrected chi connectivity index (χ3v) is 2.64. The van der Waals surface area contributed by atoms with Gasteiger partial charge in [-0.05, 0) is 26.7 Å². The number of esters is 1. The third-order valence-electron chi connectivity index (χ3n) is 2.64. The molecule has 0 amide bonds. The van der Waals surface area contributed by atoms with Gasteiger partial charge < -0.3 is 4.74 Å². The van der Waals surface area contributed by atoms with Gasteiger partial charge in [-0.25, -0.2) is 0 Å². The van der Waals surface area contributed by atoms with Crippen molar-refractivity contribution < 1.29 is 9.53 Å². The predicted molar refractivity (Wildman–Crippen MR) is 55.6 cm³/mol. The molecule has 0 aromatic heterocycles. The van der Waals surface area contributed by atoms with E-state index in [-0.39, 0.29) is 11.9 Å². The lowest BCUT2D eigenvalue weighted by Gasteiger charge is -2.25. The van der Waals surface area contributed by atoms with Gasteiger partial charge in [-0.1, -0.05) is 25.2 Å². The molecule has 0 aromatic rings. The van der Waals surface area contributed by atoms with Crippen LogP contribution >= 0.6 is 0 Å². The highest BCUT2D eigenvalue weighted by molar-refractivity contribution is 5.73. The minimum absolute atomic E-state index is 0.0800. The molecule has 0 heterocycles. The first-order chi connectivity index (χ1) is 6.55. The Labute approximate surface area is 86.0 Å². The SMILES string of the molecule is C#CC(C)(C)OC(=O)C1CCCCC1. The van der Waals surface area contributed by atoms with Crippen molar-refractivity contribution >= 4 is 5.97 Å². The molecule has 0 spiro atoms. The number of rotatable bonds is 2. The molecule has 1 aliphatic rings. The summed E-state index contributed by atoms with van der Waals surface area (Å²) in [7, 11) is 0. The van der Waals surface area contributed by atoms with E-state index in [0.717, 1.165) is 25.7 Å². The summed E-state index contributed by atoms with van der Waals surface area (Å²) >= 11 is 0. The lowest BCUT2D eigenvalue weighted by atomic mass is 9.89. The molecule has 78 valence electrons. The molecule has 2 heteroatoms. The average Bonchev–Trinajstić information content (AvgIpc) is 2.19. The van der Waals surface area contributed by atoms with E-state index in [4.69, 9.17) is 11.2 Å². The van der Waals surface area contributed by atoms with Crippen molar-refractivity contribution in [1.82, 2.24) is 0 Å². The van der Waals surface area contributed by atoms with Crippen LogP contribution in [0.5, 0.6) is 0 Å². The highest BCUT2D eigenvalue weighted by Crippen LogP contribution is 2.26. The lowest BCUT2D eigenvalue weighted by molar-refractivity contribution is -0.158. The minimum atomic E-state index is -0.755. The van der Waals surface area contributed by atoms with Crippen LogP contribution in [0.2, 0.25) is 0 Å². The van der Waals surface area contributed by atoms with Crippen LogP contribution in [-0.4, -0.2) is 11.6 Å².